The first-order chi connectivity index (χ1) is 10.4. The van der Waals surface area contributed by atoms with E-state index in [0.29, 0.717) is 0 Å². The Hall–Kier alpha value is -1.12. The Kier molecular flexibility index (Phi) is 3.60. The van der Waals surface area contributed by atoms with Crippen LogP contribution in [0.3, 0.4) is 0 Å². The van der Waals surface area contributed by atoms with Gasteiger partial charge in [-0.15, -0.1) is 0 Å². The van der Waals surface area contributed by atoms with Crippen molar-refractivity contribution in [3.05, 3.63) is 41.9 Å². The average molecular weight is 408 g/mol. The molecule has 0 unspecified atom stereocenters. The van der Waals surface area contributed by atoms with Gasteiger partial charge in [-0.05, 0) is 50.7 Å². The minimum Gasteiger partial charge on any atom is -0.333 e. The molecule has 0 atom stereocenters. The van der Waals surface area contributed by atoms with Gasteiger partial charge in [-0.3, -0.25) is 4.98 Å². The zero-order valence-corrected chi connectivity index (χ0v) is 14.2. The number of aromatic amines is 1. The Morgan fingerprint density at radius 2 is 2.10 bits per heavy atom. The van der Waals surface area contributed by atoms with E-state index in [1.165, 1.54) is 27.6 Å². The van der Waals surface area contributed by atoms with Crippen LogP contribution in [0.15, 0.2) is 35.7 Å². The maximum Gasteiger partial charge on any atom is 0.139 e. The standard InChI is InChI=1S/C15H13IN4S/c16-21-15-12(9-1-4-17-5-2-9)13-11-8-18-6-3-10(11)7-19-14(13)20-15/h1-2,4-5,7,18H,3,6,8H2,(H,19,20). The monoisotopic (exact) mass is 408 g/mol. The lowest BCUT2D eigenvalue weighted by atomic mass is 9.96. The fourth-order valence-electron chi connectivity index (χ4n) is 2.94. The van der Waals surface area contributed by atoms with Gasteiger partial charge in [0.1, 0.15) is 5.65 Å². The van der Waals surface area contributed by atoms with Gasteiger partial charge >= 0.3 is 0 Å². The highest BCUT2D eigenvalue weighted by Gasteiger charge is 2.21. The van der Waals surface area contributed by atoms with Gasteiger partial charge in [0.25, 0.3) is 0 Å². The normalized spacial score (nSPS) is 14.3. The number of nitrogens with one attached hydrogen (secondary N) is 2. The van der Waals surface area contributed by atoms with Crippen molar-refractivity contribution in [1.29, 1.82) is 0 Å². The lowest BCUT2D eigenvalue weighted by Crippen LogP contribution is -2.24. The molecule has 0 spiro atoms. The number of halogens is 1. The summed E-state index contributed by atoms with van der Waals surface area (Å²) in [5.41, 5.74) is 6.16. The Labute approximate surface area is 138 Å². The highest BCUT2D eigenvalue weighted by Crippen LogP contribution is 2.41. The van der Waals surface area contributed by atoms with Gasteiger partial charge in [0.2, 0.25) is 0 Å². The SMILES string of the molecule is ISc1[nH]c2ncc3c(c2c1-c1ccncc1)CNCC3. The van der Waals surface area contributed by atoms with Crippen molar-refractivity contribution in [3.63, 3.8) is 0 Å². The second-order valence-electron chi connectivity index (χ2n) is 5.05. The summed E-state index contributed by atoms with van der Waals surface area (Å²) in [7, 11) is 1.70. The lowest BCUT2D eigenvalue weighted by Gasteiger charge is -2.18. The fourth-order valence-corrected chi connectivity index (χ4v) is 4.36. The van der Waals surface area contributed by atoms with Gasteiger partial charge in [0, 0.05) is 57.3 Å². The van der Waals surface area contributed by atoms with Crippen LogP contribution in [0.4, 0.5) is 0 Å². The number of fused-ring (bicyclic) bond motifs is 3. The van der Waals surface area contributed by atoms with Crippen molar-refractivity contribution in [2.45, 2.75) is 18.0 Å². The van der Waals surface area contributed by atoms with Gasteiger partial charge in [-0.25, -0.2) is 4.98 Å². The molecular weight excluding hydrogens is 395 g/mol. The zero-order valence-electron chi connectivity index (χ0n) is 11.2. The summed E-state index contributed by atoms with van der Waals surface area (Å²) < 4.78 is 0. The summed E-state index contributed by atoms with van der Waals surface area (Å²) >= 11 is 2.32. The molecular formula is C15H13IN4S. The molecule has 4 nitrogen and oxygen atoms in total. The van der Waals surface area contributed by atoms with E-state index >= 15 is 0 Å². The molecule has 0 saturated carbocycles. The highest BCUT2D eigenvalue weighted by atomic mass is 127. The molecule has 21 heavy (non-hydrogen) atoms. The maximum absolute atomic E-state index is 4.63. The quantitative estimate of drug-likeness (QED) is 0.635. The second-order valence-corrected chi connectivity index (χ2v) is 6.94. The molecule has 4 rings (SSSR count). The molecule has 3 aromatic heterocycles. The summed E-state index contributed by atoms with van der Waals surface area (Å²) in [6.45, 7) is 1.94. The van der Waals surface area contributed by atoms with Crippen molar-refractivity contribution < 1.29 is 0 Å². The minimum atomic E-state index is 0.912. The highest BCUT2D eigenvalue weighted by molar-refractivity contribution is 14.2. The van der Waals surface area contributed by atoms with E-state index in [4.69, 9.17) is 0 Å². The number of rotatable bonds is 2. The van der Waals surface area contributed by atoms with Crippen LogP contribution in [-0.4, -0.2) is 21.5 Å². The van der Waals surface area contributed by atoms with Crippen molar-refractivity contribution in [2.75, 3.05) is 6.54 Å². The maximum atomic E-state index is 4.63. The van der Waals surface area contributed by atoms with Crippen molar-refractivity contribution in [1.82, 2.24) is 20.3 Å². The summed E-state index contributed by atoms with van der Waals surface area (Å²) in [5, 5.41) is 5.89. The fraction of sp³-hybridized carbons (Fsp3) is 0.200. The minimum absolute atomic E-state index is 0.912. The molecule has 1 aliphatic heterocycles. The average Bonchev–Trinajstić information content (AvgIpc) is 2.94. The Bertz CT molecular complexity index is 800. The van der Waals surface area contributed by atoms with Gasteiger partial charge < -0.3 is 10.3 Å². The van der Waals surface area contributed by atoms with E-state index in [1.54, 1.807) is 8.93 Å². The summed E-state index contributed by atoms with van der Waals surface area (Å²) in [6.07, 6.45) is 6.76. The predicted octanol–water partition coefficient (Wildman–Crippen LogP) is 3.71. The third kappa shape index (κ3) is 2.25. The van der Waals surface area contributed by atoms with Crippen molar-refractivity contribution in [3.8, 4) is 11.1 Å². The number of hydrogen-bond donors (Lipinski definition) is 2. The summed E-state index contributed by atoms with van der Waals surface area (Å²) in [4.78, 5) is 12.2. The molecule has 3 aromatic rings. The van der Waals surface area contributed by atoms with Crippen LogP contribution >= 0.6 is 30.1 Å². The Morgan fingerprint density at radius 3 is 2.90 bits per heavy atom. The second kappa shape index (κ2) is 5.58. The van der Waals surface area contributed by atoms with E-state index in [2.05, 4.69) is 53.6 Å². The van der Waals surface area contributed by atoms with E-state index in [1.807, 2.05) is 18.6 Å². The molecule has 1 aliphatic rings. The van der Waals surface area contributed by atoms with Gasteiger partial charge in [-0.2, -0.15) is 0 Å². The third-order valence-electron chi connectivity index (χ3n) is 3.90. The van der Waals surface area contributed by atoms with E-state index in [0.717, 1.165) is 30.2 Å². The molecule has 0 fully saturated rings. The van der Waals surface area contributed by atoms with E-state index in [-0.39, 0.29) is 0 Å². The lowest BCUT2D eigenvalue weighted by molar-refractivity contribution is 0.646. The molecule has 0 saturated heterocycles. The molecule has 0 radical (unpaired) electrons. The number of nitrogens with zero attached hydrogens (tertiary/aromatic N) is 2. The van der Waals surface area contributed by atoms with Crippen molar-refractivity contribution >= 4 is 41.2 Å². The first-order valence-corrected chi connectivity index (χ1v) is 10.2. The van der Waals surface area contributed by atoms with E-state index in [9.17, 15) is 0 Å². The van der Waals surface area contributed by atoms with Crippen LogP contribution in [0, 0.1) is 0 Å². The van der Waals surface area contributed by atoms with Gasteiger partial charge in [0.05, 0.1) is 5.03 Å². The molecule has 106 valence electrons. The molecule has 2 N–H and O–H groups in total. The van der Waals surface area contributed by atoms with Crippen LogP contribution in [0.25, 0.3) is 22.2 Å². The predicted molar refractivity (Wildman–Crippen MR) is 94.6 cm³/mol. The zero-order chi connectivity index (χ0) is 14.2. The van der Waals surface area contributed by atoms with Crippen LogP contribution in [0.1, 0.15) is 11.1 Å². The molecule has 0 amide bonds. The van der Waals surface area contributed by atoms with E-state index < -0.39 is 0 Å². The number of aromatic nitrogens is 3. The Morgan fingerprint density at radius 1 is 1.24 bits per heavy atom. The molecule has 4 heterocycles. The molecule has 0 bridgehead atoms. The van der Waals surface area contributed by atoms with Crippen LogP contribution in [-0.2, 0) is 13.0 Å². The summed E-state index contributed by atoms with van der Waals surface area (Å²) in [6, 6.07) is 4.13. The first kappa shape index (κ1) is 13.5. The number of hydrogen-bond acceptors (Lipinski definition) is 4. The summed E-state index contributed by atoms with van der Waals surface area (Å²) in [5.74, 6) is 0. The van der Waals surface area contributed by atoms with Gasteiger partial charge in [0.15, 0.2) is 0 Å². The number of pyridine rings is 2. The van der Waals surface area contributed by atoms with Crippen LogP contribution in [0.5, 0.6) is 0 Å². The molecule has 0 aromatic carbocycles. The van der Waals surface area contributed by atoms with Crippen molar-refractivity contribution in [2.24, 2.45) is 0 Å². The van der Waals surface area contributed by atoms with Gasteiger partial charge in [-0.1, -0.05) is 0 Å². The smallest absolute Gasteiger partial charge is 0.139 e. The van der Waals surface area contributed by atoms with Crippen LogP contribution in [0.2, 0.25) is 0 Å². The third-order valence-corrected chi connectivity index (χ3v) is 5.69. The molecule has 0 aliphatic carbocycles. The molecule has 6 heteroatoms. The largest absolute Gasteiger partial charge is 0.333 e. The first-order valence-electron chi connectivity index (χ1n) is 6.80. The van der Waals surface area contributed by atoms with Crippen LogP contribution < -0.4 is 5.32 Å². The Balaban J connectivity index is 2.07. The number of H-pyrrole nitrogens is 1. The topological polar surface area (TPSA) is 53.6 Å².